The van der Waals surface area contributed by atoms with Crippen molar-refractivity contribution in [3.63, 3.8) is 0 Å². The lowest BCUT2D eigenvalue weighted by molar-refractivity contribution is -0.111. The highest BCUT2D eigenvalue weighted by Crippen LogP contribution is 2.26. The van der Waals surface area contributed by atoms with Crippen LogP contribution in [0.2, 0.25) is 0 Å². The summed E-state index contributed by atoms with van der Waals surface area (Å²) in [5.74, 6) is 0.474. The number of nitrogens with one attached hydrogen (secondary N) is 2. The third-order valence-corrected chi connectivity index (χ3v) is 5.83. The summed E-state index contributed by atoms with van der Waals surface area (Å²) in [6.07, 6.45) is 3.94. The highest BCUT2D eigenvalue weighted by molar-refractivity contribution is 7.89. The van der Waals surface area contributed by atoms with E-state index in [1.54, 1.807) is 45.0 Å². The van der Waals surface area contributed by atoms with Crippen LogP contribution in [0.25, 0.3) is 6.08 Å². The van der Waals surface area contributed by atoms with Gasteiger partial charge in [0.15, 0.2) is 0 Å². The van der Waals surface area contributed by atoms with Crippen LogP contribution in [0.15, 0.2) is 53.4 Å². The monoisotopic (exact) mass is 400 g/mol. The van der Waals surface area contributed by atoms with Crippen LogP contribution >= 0.6 is 0 Å². The molecule has 0 aromatic heterocycles. The molecule has 1 heterocycles. The number of carbonyl (C=O) groups excluding carboxylic acids is 1. The number of amides is 1. The molecule has 1 aliphatic rings. The van der Waals surface area contributed by atoms with Crippen LogP contribution in [0.1, 0.15) is 31.9 Å². The van der Waals surface area contributed by atoms with Crippen LogP contribution in [0.5, 0.6) is 5.75 Å². The number of benzene rings is 2. The maximum Gasteiger partial charge on any atom is 0.248 e. The van der Waals surface area contributed by atoms with E-state index < -0.39 is 21.5 Å². The van der Waals surface area contributed by atoms with Gasteiger partial charge in [0.05, 0.1) is 12.3 Å². The van der Waals surface area contributed by atoms with Gasteiger partial charge in [0.1, 0.15) is 10.6 Å². The van der Waals surface area contributed by atoms with E-state index in [2.05, 4.69) is 10.0 Å². The summed E-state index contributed by atoms with van der Waals surface area (Å²) in [4.78, 5) is 12.4. The van der Waals surface area contributed by atoms with Gasteiger partial charge in [-0.15, -0.1) is 0 Å². The first kappa shape index (κ1) is 20.1. The van der Waals surface area contributed by atoms with Crippen molar-refractivity contribution in [2.75, 3.05) is 11.9 Å². The van der Waals surface area contributed by atoms with Crippen molar-refractivity contribution < 1.29 is 17.9 Å². The lowest BCUT2D eigenvalue weighted by Gasteiger charge is -2.21. The van der Waals surface area contributed by atoms with E-state index in [0.29, 0.717) is 6.61 Å². The van der Waals surface area contributed by atoms with Crippen molar-refractivity contribution in [2.45, 2.75) is 37.6 Å². The second-order valence-electron chi connectivity index (χ2n) is 7.64. The summed E-state index contributed by atoms with van der Waals surface area (Å²) < 4.78 is 33.4. The highest BCUT2D eigenvalue weighted by Gasteiger charge is 2.24. The lowest BCUT2D eigenvalue weighted by atomic mass is 10.1. The topological polar surface area (TPSA) is 84.5 Å². The Labute approximate surface area is 165 Å². The molecular formula is C21H24N2O4S. The Balaban J connectivity index is 1.76. The predicted molar refractivity (Wildman–Crippen MR) is 110 cm³/mol. The molecule has 28 heavy (non-hydrogen) atoms. The van der Waals surface area contributed by atoms with E-state index in [1.165, 1.54) is 12.1 Å². The number of hydrogen-bond acceptors (Lipinski definition) is 4. The van der Waals surface area contributed by atoms with Crippen LogP contribution in [-0.2, 0) is 21.2 Å². The van der Waals surface area contributed by atoms with Gasteiger partial charge in [0, 0.05) is 18.0 Å². The second kappa shape index (κ2) is 7.77. The van der Waals surface area contributed by atoms with Crippen LogP contribution in [0, 0.1) is 0 Å². The SMILES string of the molecule is CC(C)(C)NS(=O)(=O)c1ccccc1NC(=O)/C=C/c1ccc2c(c1)CCO2. The van der Waals surface area contributed by atoms with Gasteiger partial charge in [-0.05, 0) is 62.2 Å². The van der Waals surface area contributed by atoms with Crippen molar-refractivity contribution >= 4 is 27.7 Å². The summed E-state index contributed by atoms with van der Waals surface area (Å²) in [5, 5.41) is 2.66. The molecule has 0 aliphatic carbocycles. The van der Waals surface area contributed by atoms with Crippen molar-refractivity contribution in [1.82, 2.24) is 4.72 Å². The van der Waals surface area contributed by atoms with Crippen LogP contribution < -0.4 is 14.8 Å². The average molecular weight is 401 g/mol. The summed E-state index contributed by atoms with van der Waals surface area (Å²) in [5.41, 5.74) is 1.60. The van der Waals surface area contributed by atoms with Gasteiger partial charge in [-0.2, -0.15) is 0 Å². The summed E-state index contributed by atoms with van der Waals surface area (Å²) in [6.45, 7) is 5.96. The number of carbonyl (C=O) groups is 1. The maximum atomic E-state index is 12.6. The molecule has 148 valence electrons. The smallest absolute Gasteiger partial charge is 0.248 e. The van der Waals surface area contributed by atoms with Crippen LogP contribution in [0.3, 0.4) is 0 Å². The number of ether oxygens (including phenoxy) is 1. The zero-order chi connectivity index (χ0) is 20.4. The zero-order valence-electron chi connectivity index (χ0n) is 16.2. The minimum absolute atomic E-state index is 0.0290. The second-order valence-corrected chi connectivity index (χ2v) is 9.29. The molecule has 0 spiro atoms. The van der Waals surface area contributed by atoms with Crippen molar-refractivity contribution in [3.8, 4) is 5.75 Å². The number of anilines is 1. The molecule has 2 N–H and O–H groups in total. The first-order valence-electron chi connectivity index (χ1n) is 9.02. The van der Waals surface area contributed by atoms with E-state index in [9.17, 15) is 13.2 Å². The van der Waals surface area contributed by atoms with Crippen LogP contribution in [0.4, 0.5) is 5.69 Å². The Hall–Kier alpha value is -2.64. The Morgan fingerprint density at radius 2 is 1.89 bits per heavy atom. The standard InChI is InChI=1S/C21H24N2O4S/c1-21(2,3)23-28(25,26)19-7-5-4-6-17(19)22-20(24)11-9-15-8-10-18-16(14-15)12-13-27-18/h4-11,14,23H,12-13H2,1-3H3,(H,22,24)/b11-9+. The van der Waals surface area contributed by atoms with Crippen molar-refractivity contribution in [2.24, 2.45) is 0 Å². The molecule has 1 amide bonds. The minimum Gasteiger partial charge on any atom is -0.493 e. The van der Waals surface area contributed by atoms with Gasteiger partial charge < -0.3 is 10.1 Å². The van der Waals surface area contributed by atoms with Gasteiger partial charge in [-0.25, -0.2) is 13.1 Å². The van der Waals surface area contributed by atoms with Gasteiger partial charge in [-0.1, -0.05) is 18.2 Å². The van der Waals surface area contributed by atoms with E-state index in [0.717, 1.165) is 23.3 Å². The molecule has 2 aromatic rings. The fourth-order valence-corrected chi connectivity index (χ4v) is 4.50. The fourth-order valence-electron chi connectivity index (χ4n) is 2.92. The zero-order valence-corrected chi connectivity index (χ0v) is 17.0. The molecule has 2 aromatic carbocycles. The van der Waals surface area contributed by atoms with Crippen LogP contribution in [-0.4, -0.2) is 26.5 Å². The number of sulfonamides is 1. The molecule has 0 atom stereocenters. The number of fused-ring (bicyclic) bond motifs is 1. The third kappa shape index (κ3) is 4.99. The highest BCUT2D eigenvalue weighted by atomic mass is 32.2. The maximum absolute atomic E-state index is 12.6. The van der Waals surface area contributed by atoms with Gasteiger partial charge >= 0.3 is 0 Å². The number of rotatable bonds is 5. The molecule has 6 nitrogen and oxygen atoms in total. The van der Waals surface area contributed by atoms with Gasteiger partial charge in [0.2, 0.25) is 15.9 Å². The van der Waals surface area contributed by atoms with Gasteiger partial charge in [0.25, 0.3) is 0 Å². The van der Waals surface area contributed by atoms with E-state index in [4.69, 9.17) is 4.74 Å². The fraction of sp³-hybridized carbons (Fsp3) is 0.286. The molecule has 1 aliphatic heterocycles. The van der Waals surface area contributed by atoms with Gasteiger partial charge in [-0.3, -0.25) is 4.79 Å². The first-order chi connectivity index (χ1) is 13.1. The number of para-hydroxylation sites is 1. The Kier molecular flexibility index (Phi) is 5.58. The van der Waals surface area contributed by atoms with E-state index >= 15 is 0 Å². The summed E-state index contributed by atoms with van der Waals surface area (Å²) in [7, 11) is -3.77. The molecule has 0 bridgehead atoms. The Bertz CT molecular complexity index is 1020. The van der Waals surface area contributed by atoms with Crippen molar-refractivity contribution in [3.05, 3.63) is 59.7 Å². The largest absolute Gasteiger partial charge is 0.493 e. The molecule has 0 unspecified atom stereocenters. The predicted octanol–water partition coefficient (Wildman–Crippen LogP) is 3.35. The normalized spacial score (nSPS) is 14.0. The third-order valence-electron chi connectivity index (χ3n) is 4.02. The molecule has 0 radical (unpaired) electrons. The molecule has 0 fully saturated rings. The molecular weight excluding hydrogens is 376 g/mol. The molecule has 0 saturated heterocycles. The quantitative estimate of drug-likeness (QED) is 0.754. The first-order valence-corrected chi connectivity index (χ1v) is 10.5. The van der Waals surface area contributed by atoms with Crippen molar-refractivity contribution in [1.29, 1.82) is 0 Å². The average Bonchev–Trinajstić information content (AvgIpc) is 3.06. The summed E-state index contributed by atoms with van der Waals surface area (Å²) >= 11 is 0. The van der Waals surface area contributed by atoms with E-state index in [1.807, 2.05) is 18.2 Å². The molecule has 0 saturated carbocycles. The summed E-state index contributed by atoms with van der Waals surface area (Å²) in [6, 6.07) is 12.1. The Morgan fingerprint density at radius 1 is 1.14 bits per heavy atom. The molecule has 7 heteroatoms. The van der Waals surface area contributed by atoms with E-state index in [-0.39, 0.29) is 10.6 Å². The Morgan fingerprint density at radius 3 is 2.64 bits per heavy atom. The minimum atomic E-state index is -3.77. The lowest BCUT2D eigenvalue weighted by Crippen LogP contribution is -2.40. The molecule has 3 rings (SSSR count). The number of hydrogen-bond donors (Lipinski definition) is 2.